The van der Waals surface area contributed by atoms with Crippen LogP contribution in [0.2, 0.25) is 0 Å². The molecular formula is C10H14O. The van der Waals surface area contributed by atoms with Crippen LogP contribution in [-0.4, -0.2) is 11.2 Å². The van der Waals surface area contributed by atoms with Crippen LogP contribution in [0.1, 0.15) is 25.3 Å². The molecule has 1 heteroatoms. The van der Waals surface area contributed by atoms with Crippen LogP contribution < -0.4 is 0 Å². The van der Waals surface area contributed by atoms with Gasteiger partial charge in [0.05, 0.1) is 6.10 Å². The zero-order valence-corrected chi connectivity index (χ0v) is 6.99. The van der Waals surface area contributed by atoms with Gasteiger partial charge in [0.1, 0.15) is 0 Å². The minimum absolute atomic E-state index is 0.233. The largest absolute Gasteiger partial charge is 0.393 e. The van der Waals surface area contributed by atoms with Gasteiger partial charge < -0.3 is 5.11 Å². The van der Waals surface area contributed by atoms with Crippen LogP contribution in [0.4, 0.5) is 0 Å². The second-order valence-electron chi connectivity index (χ2n) is 2.94. The maximum Gasteiger partial charge on any atom is 0.0577 e. The standard InChI is InChI=1S/C10H14O/c1-8(9(2)11)10-6-4-3-5-7-10/h3-9,11H,1-2H3/t8-,9-/m1/s1. The third-order valence-electron chi connectivity index (χ3n) is 2.05. The second kappa shape index (κ2) is 3.54. The van der Waals surface area contributed by atoms with Crippen molar-refractivity contribution in [3.63, 3.8) is 0 Å². The Labute approximate surface area is 67.7 Å². The molecule has 60 valence electrons. The Balaban J connectivity index is 2.77. The zero-order chi connectivity index (χ0) is 8.27. The van der Waals surface area contributed by atoms with Crippen LogP contribution in [0.25, 0.3) is 0 Å². The van der Waals surface area contributed by atoms with Crippen molar-refractivity contribution in [2.75, 3.05) is 0 Å². The maximum absolute atomic E-state index is 9.27. The first kappa shape index (κ1) is 8.28. The fourth-order valence-corrected chi connectivity index (χ4v) is 1.04. The Morgan fingerprint density at radius 3 is 2.09 bits per heavy atom. The van der Waals surface area contributed by atoms with E-state index in [1.54, 1.807) is 0 Å². The molecule has 1 nitrogen and oxygen atoms in total. The normalized spacial score (nSPS) is 15.9. The van der Waals surface area contributed by atoms with E-state index in [9.17, 15) is 5.11 Å². The number of hydrogen-bond acceptors (Lipinski definition) is 1. The van der Waals surface area contributed by atoms with Gasteiger partial charge >= 0.3 is 0 Å². The average molecular weight is 150 g/mol. The van der Waals surface area contributed by atoms with Crippen molar-refractivity contribution < 1.29 is 5.11 Å². The summed E-state index contributed by atoms with van der Waals surface area (Å²) in [6.45, 7) is 3.84. The van der Waals surface area contributed by atoms with E-state index in [2.05, 4.69) is 0 Å². The molecule has 1 rings (SSSR count). The summed E-state index contributed by atoms with van der Waals surface area (Å²) in [6.07, 6.45) is -0.266. The quantitative estimate of drug-likeness (QED) is 0.685. The van der Waals surface area contributed by atoms with E-state index in [-0.39, 0.29) is 12.0 Å². The summed E-state index contributed by atoms with van der Waals surface area (Å²) in [5, 5.41) is 9.27. The highest BCUT2D eigenvalue weighted by Crippen LogP contribution is 2.17. The summed E-state index contributed by atoms with van der Waals surface area (Å²) >= 11 is 0. The Kier molecular flexibility index (Phi) is 2.66. The van der Waals surface area contributed by atoms with Gasteiger partial charge in [-0.05, 0) is 12.5 Å². The summed E-state index contributed by atoms with van der Waals surface area (Å²) in [5.74, 6) is 0.233. The lowest BCUT2D eigenvalue weighted by atomic mass is 9.97. The van der Waals surface area contributed by atoms with Gasteiger partial charge in [0, 0.05) is 5.92 Å². The van der Waals surface area contributed by atoms with E-state index < -0.39 is 0 Å². The molecule has 0 aliphatic carbocycles. The molecule has 0 aromatic heterocycles. The fourth-order valence-electron chi connectivity index (χ4n) is 1.04. The molecule has 0 bridgehead atoms. The molecule has 11 heavy (non-hydrogen) atoms. The smallest absolute Gasteiger partial charge is 0.0577 e. The van der Waals surface area contributed by atoms with E-state index in [4.69, 9.17) is 0 Å². The molecule has 0 saturated heterocycles. The first-order valence-electron chi connectivity index (χ1n) is 3.95. The van der Waals surface area contributed by atoms with Gasteiger partial charge in [-0.1, -0.05) is 37.3 Å². The molecule has 1 aromatic rings. The second-order valence-corrected chi connectivity index (χ2v) is 2.94. The maximum atomic E-state index is 9.27. The lowest BCUT2D eigenvalue weighted by Gasteiger charge is -2.14. The molecule has 1 aromatic carbocycles. The van der Waals surface area contributed by atoms with Gasteiger partial charge in [0.25, 0.3) is 0 Å². The Hall–Kier alpha value is -0.820. The molecule has 0 amide bonds. The van der Waals surface area contributed by atoms with E-state index in [1.165, 1.54) is 5.56 Å². The number of benzene rings is 1. The van der Waals surface area contributed by atoms with Crippen molar-refractivity contribution in [3.8, 4) is 0 Å². The predicted octanol–water partition coefficient (Wildman–Crippen LogP) is 2.17. The molecule has 0 spiro atoms. The van der Waals surface area contributed by atoms with Crippen molar-refractivity contribution in [3.05, 3.63) is 35.9 Å². The molecule has 0 aliphatic heterocycles. The molecule has 0 unspecified atom stereocenters. The number of aliphatic hydroxyl groups is 1. The first-order chi connectivity index (χ1) is 5.22. The molecule has 0 aliphatic rings. The zero-order valence-electron chi connectivity index (χ0n) is 6.99. The van der Waals surface area contributed by atoms with Gasteiger partial charge in [-0.15, -0.1) is 0 Å². The van der Waals surface area contributed by atoms with Crippen LogP contribution in [0.3, 0.4) is 0 Å². The third-order valence-corrected chi connectivity index (χ3v) is 2.05. The van der Waals surface area contributed by atoms with Crippen molar-refractivity contribution in [1.82, 2.24) is 0 Å². The van der Waals surface area contributed by atoms with E-state index >= 15 is 0 Å². The summed E-state index contributed by atoms with van der Waals surface area (Å²) < 4.78 is 0. The highest BCUT2D eigenvalue weighted by Gasteiger charge is 2.09. The molecule has 2 atom stereocenters. The van der Waals surface area contributed by atoms with Crippen molar-refractivity contribution in [1.29, 1.82) is 0 Å². The topological polar surface area (TPSA) is 20.2 Å². The minimum atomic E-state index is -0.266. The molecule has 0 saturated carbocycles. The fraction of sp³-hybridized carbons (Fsp3) is 0.400. The van der Waals surface area contributed by atoms with Crippen molar-refractivity contribution in [2.45, 2.75) is 25.9 Å². The van der Waals surface area contributed by atoms with Crippen molar-refractivity contribution in [2.24, 2.45) is 0 Å². The Morgan fingerprint density at radius 1 is 1.09 bits per heavy atom. The van der Waals surface area contributed by atoms with Crippen LogP contribution in [0.15, 0.2) is 30.3 Å². The van der Waals surface area contributed by atoms with E-state index in [0.717, 1.165) is 0 Å². The lowest BCUT2D eigenvalue weighted by Crippen LogP contribution is -2.10. The summed E-state index contributed by atoms with van der Waals surface area (Å²) in [5.41, 5.74) is 1.20. The highest BCUT2D eigenvalue weighted by molar-refractivity contribution is 5.19. The Bertz CT molecular complexity index is 203. The van der Waals surface area contributed by atoms with Gasteiger partial charge in [-0.2, -0.15) is 0 Å². The number of rotatable bonds is 2. The summed E-state index contributed by atoms with van der Waals surface area (Å²) in [6, 6.07) is 10.1. The SMILES string of the molecule is C[C@@H](O)[C@@H](C)c1ccccc1. The summed E-state index contributed by atoms with van der Waals surface area (Å²) in [4.78, 5) is 0. The number of hydrogen-bond donors (Lipinski definition) is 1. The van der Waals surface area contributed by atoms with Crippen LogP contribution >= 0.6 is 0 Å². The molecule has 1 N–H and O–H groups in total. The first-order valence-corrected chi connectivity index (χ1v) is 3.95. The number of aliphatic hydroxyl groups excluding tert-OH is 1. The van der Waals surface area contributed by atoms with Gasteiger partial charge in [0.15, 0.2) is 0 Å². The van der Waals surface area contributed by atoms with Crippen LogP contribution in [0, 0.1) is 0 Å². The molecule has 0 fully saturated rings. The van der Waals surface area contributed by atoms with Gasteiger partial charge in [0.2, 0.25) is 0 Å². The average Bonchev–Trinajstić information content (AvgIpc) is 2.05. The van der Waals surface area contributed by atoms with E-state index in [0.29, 0.717) is 0 Å². The molecule has 0 heterocycles. The monoisotopic (exact) mass is 150 g/mol. The summed E-state index contributed by atoms with van der Waals surface area (Å²) in [7, 11) is 0. The highest BCUT2D eigenvalue weighted by atomic mass is 16.3. The van der Waals surface area contributed by atoms with E-state index in [1.807, 2.05) is 44.2 Å². The lowest BCUT2D eigenvalue weighted by molar-refractivity contribution is 0.169. The molecule has 0 radical (unpaired) electrons. The third kappa shape index (κ3) is 2.05. The van der Waals surface area contributed by atoms with Crippen molar-refractivity contribution >= 4 is 0 Å². The Morgan fingerprint density at radius 2 is 1.64 bits per heavy atom. The van der Waals surface area contributed by atoms with Crippen LogP contribution in [-0.2, 0) is 0 Å². The minimum Gasteiger partial charge on any atom is -0.393 e. The molecular weight excluding hydrogens is 136 g/mol. The van der Waals surface area contributed by atoms with Gasteiger partial charge in [-0.3, -0.25) is 0 Å². The predicted molar refractivity (Wildman–Crippen MR) is 46.5 cm³/mol. The van der Waals surface area contributed by atoms with Crippen LogP contribution in [0.5, 0.6) is 0 Å². The van der Waals surface area contributed by atoms with Gasteiger partial charge in [-0.25, -0.2) is 0 Å².